The summed E-state index contributed by atoms with van der Waals surface area (Å²) in [4.78, 5) is 21.0. The van der Waals surface area contributed by atoms with Gasteiger partial charge in [0.15, 0.2) is 0 Å². The van der Waals surface area contributed by atoms with Gasteiger partial charge < -0.3 is 19.9 Å². The second-order valence-electron chi connectivity index (χ2n) is 9.84. The average Bonchev–Trinajstić information content (AvgIpc) is 2.75. The number of rotatable bonds is 9. The van der Waals surface area contributed by atoms with E-state index in [0.717, 1.165) is 6.04 Å². The molecule has 34 heavy (non-hydrogen) atoms. The second-order valence-corrected chi connectivity index (χ2v) is 15.9. The smallest absolute Gasteiger partial charge is 0.319 e. The van der Waals surface area contributed by atoms with Gasteiger partial charge in [-0.05, 0) is 37.1 Å². The molecule has 1 heterocycles. The Bertz CT molecular complexity index is 1010. The summed E-state index contributed by atoms with van der Waals surface area (Å²) in [6.45, 7) is 7.12. The van der Waals surface area contributed by atoms with E-state index in [1.807, 2.05) is 0 Å². The van der Waals surface area contributed by atoms with Gasteiger partial charge >= 0.3 is 6.01 Å². The van der Waals surface area contributed by atoms with Crippen molar-refractivity contribution in [3.63, 3.8) is 0 Å². The topological polar surface area (TPSA) is 93.6 Å². The van der Waals surface area contributed by atoms with Gasteiger partial charge in [-0.15, -0.1) is 0 Å². The maximum Gasteiger partial charge on any atom is 0.319 e. The van der Waals surface area contributed by atoms with Crippen LogP contribution >= 0.6 is 11.6 Å². The van der Waals surface area contributed by atoms with Crippen LogP contribution in [0.5, 0.6) is 17.6 Å². The highest BCUT2D eigenvalue weighted by Gasteiger charge is 2.42. The van der Waals surface area contributed by atoms with Crippen molar-refractivity contribution in [2.75, 3.05) is 13.2 Å². The van der Waals surface area contributed by atoms with Gasteiger partial charge in [0.2, 0.25) is 11.8 Å². The molecule has 1 fully saturated rings. The molecule has 2 N–H and O–H groups in total. The first kappa shape index (κ1) is 26.3. The monoisotopic (exact) mass is 513 g/mol. The number of aromatic nitrogens is 2. The molecular formula is C23H30ClF2N3O4Si. The molecule has 0 radical (unpaired) electrons. The molecule has 1 amide bonds. The van der Waals surface area contributed by atoms with Crippen LogP contribution in [0, 0.1) is 0 Å². The van der Waals surface area contributed by atoms with E-state index >= 15 is 0 Å². The van der Waals surface area contributed by atoms with E-state index in [2.05, 4.69) is 34.9 Å². The van der Waals surface area contributed by atoms with Gasteiger partial charge in [-0.3, -0.25) is 4.79 Å². The number of alkyl halides is 2. The third-order valence-corrected chi connectivity index (χ3v) is 7.62. The first-order valence-electron chi connectivity index (χ1n) is 11.2. The van der Waals surface area contributed by atoms with Gasteiger partial charge in [0, 0.05) is 39.7 Å². The van der Waals surface area contributed by atoms with E-state index in [9.17, 15) is 18.7 Å². The number of hydrogen-bond donors (Lipinski definition) is 2. The highest BCUT2D eigenvalue weighted by atomic mass is 35.5. The fraction of sp³-hybridized carbons (Fsp3) is 0.522. The van der Waals surface area contributed by atoms with Crippen LogP contribution in [0.15, 0.2) is 30.5 Å². The summed E-state index contributed by atoms with van der Waals surface area (Å²) in [5.41, 5.74) is -1.24. The Hall–Kier alpha value is -2.30. The van der Waals surface area contributed by atoms with Crippen molar-refractivity contribution in [3.8, 4) is 17.6 Å². The Morgan fingerprint density at radius 2 is 1.91 bits per heavy atom. The van der Waals surface area contributed by atoms with Crippen LogP contribution in [0.4, 0.5) is 8.78 Å². The largest absolute Gasteiger partial charge is 0.464 e. The summed E-state index contributed by atoms with van der Waals surface area (Å²) in [5.74, 6) is -2.76. The molecule has 0 aliphatic heterocycles. The van der Waals surface area contributed by atoms with E-state index in [1.165, 1.54) is 18.3 Å². The third kappa shape index (κ3) is 7.88. The van der Waals surface area contributed by atoms with Gasteiger partial charge in [-0.25, -0.2) is 13.8 Å². The number of nitrogens with one attached hydrogen (secondary N) is 1. The number of amides is 1. The number of hydrogen-bond acceptors (Lipinski definition) is 6. The number of nitrogens with zero attached hydrogens (tertiary/aromatic N) is 2. The van der Waals surface area contributed by atoms with Crippen molar-refractivity contribution in [1.29, 1.82) is 0 Å². The minimum Gasteiger partial charge on any atom is -0.464 e. The number of benzene rings is 1. The number of ether oxygens (including phenoxy) is 2. The van der Waals surface area contributed by atoms with Gasteiger partial charge in [0.1, 0.15) is 5.75 Å². The second kappa shape index (κ2) is 10.5. The van der Waals surface area contributed by atoms with Crippen LogP contribution in [-0.2, 0) is 0 Å². The van der Waals surface area contributed by atoms with E-state index in [4.69, 9.17) is 21.1 Å². The predicted octanol–water partition coefficient (Wildman–Crippen LogP) is 5.31. The van der Waals surface area contributed by atoms with Crippen molar-refractivity contribution in [3.05, 3.63) is 41.0 Å². The van der Waals surface area contributed by atoms with E-state index < -0.39 is 38.3 Å². The minimum absolute atomic E-state index is 0.0901. The predicted molar refractivity (Wildman–Crippen MR) is 128 cm³/mol. The Labute approximate surface area is 203 Å². The molecule has 0 saturated heterocycles. The lowest BCUT2D eigenvalue weighted by Crippen LogP contribution is -2.47. The van der Waals surface area contributed by atoms with Crippen molar-refractivity contribution >= 4 is 25.6 Å². The van der Waals surface area contributed by atoms with Crippen LogP contribution in [0.1, 0.15) is 36.0 Å². The minimum atomic E-state index is -2.77. The van der Waals surface area contributed by atoms with Gasteiger partial charge in [0.05, 0.1) is 22.8 Å². The number of carbonyl (C=O) groups is 1. The highest BCUT2D eigenvalue weighted by molar-refractivity contribution is 6.76. The molecule has 186 valence electrons. The first-order chi connectivity index (χ1) is 15.8. The number of halogens is 3. The molecule has 1 aromatic heterocycles. The molecule has 1 aliphatic carbocycles. The van der Waals surface area contributed by atoms with Crippen LogP contribution in [-0.4, -0.2) is 53.7 Å². The standard InChI is InChI=1S/C23H30ClF2N3O4Si/c1-34(2,3)13-12-32-21-27-11-6-19(29-21)33-16-4-5-18(24)17(14-16)20(30)28-15-22(31)7-9-23(25,26)10-8-22/h4-6,11,14,31H,7-10,12-13,15H2,1-3H3,(H,28,30). The quantitative estimate of drug-likeness (QED) is 0.441. The molecule has 7 nitrogen and oxygen atoms in total. The molecule has 3 rings (SSSR count). The average molecular weight is 514 g/mol. The van der Waals surface area contributed by atoms with Crippen molar-refractivity contribution in [2.45, 2.75) is 62.9 Å². The molecule has 1 aromatic carbocycles. The Morgan fingerprint density at radius 3 is 2.59 bits per heavy atom. The lowest BCUT2D eigenvalue weighted by molar-refractivity contribution is -0.101. The summed E-state index contributed by atoms with van der Waals surface area (Å²) in [6.07, 6.45) is 0.517. The van der Waals surface area contributed by atoms with Crippen LogP contribution in [0.3, 0.4) is 0 Å². The Balaban J connectivity index is 1.61. The molecule has 11 heteroatoms. The van der Waals surface area contributed by atoms with Crippen molar-refractivity contribution in [1.82, 2.24) is 15.3 Å². The summed E-state index contributed by atoms with van der Waals surface area (Å²) < 4.78 is 38.1. The highest BCUT2D eigenvalue weighted by Crippen LogP contribution is 2.38. The zero-order valence-corrected chi connectivity index (χ0v) is 21.3. The Kier molecular flexibility index (Phi) is 8.15. The molecule has 1 aliphatic rings. The van der Waals surface area contributed by atoms with E-state index in [1.54, 1.807) is 12.1 Å². The molecule has 0 atom stereocenters. The van der Waals surface area contributed by atoms with Crippen molar-refractivity contribution < 1.29 is 28.2 Å². The SMILES string of the molecule is C[Si](C)(C)CCOc1nccc(Oc2ccc(Cl)c(C(=O)NCC3(O)CCC(F)(F)CC3)c2)n1. The molecular weight excluding hydrogens is 484 g/mol. The maximum atomic E-state index is 13.4. The molecule has 0 bridgehead atoms. The van der Waals surface area contributed by atoms with E-state index in [0.29, 0.717) is 12.4 Å². The van der Waals surface area contributed by atoms with Crippen LogP contribution < -0.4 is 14.8 Å². The lowest BCUT2D eigenvalue weighted by atomic mass is 9.82. The first-order valence-corrected chi connectivity index (χ1v) is 15.2. The van der Waals surface area contributed by atoms with Crippen molar-refractivity contribution in [2.24, 2.45) is 0 Å². The van der Waals surface area contributed by atoms with Gasteiger partial charge in [0.25, 0.3) is 5.91 Å². The molecule has 0 spiro atoms. The zero-order valence-electron chi connectivity index (χ0n) is 19.5. The summed E-state index contributed by atoms with van der Waals surface area (Å²) in [7, 11) is -1.25. The zero-order chi connectivity index (χ0) is 25.0. The maximum absolute atomic E-state index is 13.4. The fourth-order valence-electron chi connectivity index (χ4n) is 3.36. The fourth-order valence-corrected chi connectivity index (χ4v) is 4.28. The Morgan fingerprint density at radius 1 is 1.21 bits per heavy atom. The molecule has 0 unspecified atom stereocenters. The normalized spacial score (nSPS) is 17.1. The summed E-state index contributed by atoms with van der Waals surface area (Å²) >= 11 is 6.19. The number of carbonyl (C=O) groups excluding carboxylic acids is 1. The van der Waals surface area contributed by atoms with Gasteiger partial charge in [-0.2, -0.15) is 4.98 Å². The van der Waals surface area contributed by atoms with Crippen LogP contribution in [0.25, 0.3) is 0 Å². The lowest BCUT2D eigenvalue weighted by Gasteiger charge is -2.35. The number of aliphatic hydroxyl groups is 1. The van der Waals surface area contributed by atoms with Gasteiger partial charge in [-0.1, -0.05) is 31.2 Å². The van der Waals surface area contributed by atoms with E-state index in [-0.39, 0.29) is 41.9 Å². The third-order valence-electron chi connectivity index (χ3n) is 5.59. The molecule has 2 aromatic rings. The summed E-state index contributed by atoms with van der Waals surface area (Å²) in [5, 5.41) is 13.3. The summed E-state index contributed by atoms with van der Waals surface area (Å²) in [6, 6.07) is 7.28. The molecule has 1 saturated carbocycles. The van der Waals surface area contributed by atoms with Crippen LogP contribution in [0.2, 0.25) is 30.7 Å².